The summed E-state index contributed by atoms with van der Waals surface area (Å²) in [6.07, 6.45) is 2.09. The maximum absolute atomic E-state index is 14.2. The van der Waals surface area contributed by atoms with Crippen LogP contribution in [0.5, 0.6) is 0 Å². The van der Waals surface area contributed by atoms with Crippen molar-refractivity contribution in [2.45, 2.75) is 246 Å². The summed E-state index contributed by atoms with van der Waals surface area (Å²) in [5.41, 5.74) is 0. The molecule has 1 rings (SSSR count). The number of nitrogens with one attached hydrogen (secondary N) is 7. The van der Waals surface area contributed by atoms with Crippen molar-refractivity contribution in [3.63, 3.8) is 0 Å². The lowest BCUT2D eigenvalue weighted by Crippen LogP contribution is -2.61. The Balaban J connectivity index is 3.85. The van der Waals surface area contributed by atoms with Gasteiger partial charge in [-0.3, -0.25) is 47.9 Å². The number of aliphatic carboxylic acids is 3. The molecule has 23 heteroatoms. The molecule has 0 radical (unpaired) electrons. The van der Waals surface area contributed by atoms with Crippen molar-refractivity contribution >= 4 is 65.2 Å². The number of cyclic esters (lactones) is 1. The fourth-order valence-corrected chi connectivity index (χ4v) is 8.88. The first-order valence-corrected chi connectivity index (χ1v) is 27.6. The Hall–Kier alpha value is -5.87. The molecule has 0 saturated carbocycles. The minimum absolute atomic E-state index is 0.00968. The Morgan fingerprint density at radius 3 is 1.31 bits per heavy atom. The highest BCUT2D eigenvalue weighted by molar-refractivity contribution is 5.98. The number of amides is 7. The molecule has 1 aliphatic rings. The number of carbonyl (C=O) groups is 11. The second-order valence-corrected chi connectivity index (χ2v) is 22.6. The first kappa shape index (κ1) is 69.1. The van der Waals surface area contributed by atoms with Crippen LogP contribution in [0.25, 0.3) is 0 Å². The Morgan fingerprint density at radius 2 is 0.870 bits per heavy atom. The maximum Gasteiger partial charge on any atom is 0.328 e. The van der Waals surface area contributed by atoms with Crippen LogP contribution in [-0.4, -0.2) is 140 Å². The number of hydrogen-bond donors (Lipinski definition) is 11. The number of hydrogen-bond acceptors (Lipinski definition) is 13. The third kappa shape index (κ3) is 30.0. The monoisotopic (exact) mass is 1100 g/mol. The number of aliphatic hydroxyl groups excluding tert-OH is 1. The normalized spacial score (nSPS) is 23.7. The van der Waals surface area contributed by atoms with Gasteiger partial charge in [0, 0.05) is 6.42 Å². The van der Waals surface area contributed by atoms with E-state index in [1.165, 1.54) is 0 Å². The Bertz CT molecular complexity index is 1940. The van der Waals surface area contributed by atoms with Crippen LogP contribution in [0.1, 0.15) is 191 Å². The fraction of sp³-hybridized carbons (Fsp3) is 0.796. The second kappa shape index (κ2) is 36.3. The molecule has 0 aromatic heterocycles. The van der Waals surface area contributed by atoms with Gasteiger partial charge in [-0.1, -0.05) is 114 Å². The lowest BCUT2D eigenvalue weighted by molar-refractivity contribution is -0.155. The van der Waals surface area contributed by atoms with Gasteiger partial charge in [0.1, 0.15) is 48.4 Å². The van der Waals surface area contributed by atoms with Crippen molar-refractivity contribution < 1.29 is 77.9 Å². The molecule has 1 aliphatic heterocycles. The molecule has 0 aromatic carbocycles. The van der Waals surface area contributed by atoms with Gasteiger partial charge in [0.2, 0.25) is 41.4 Å². The maximum atomic E-state index is 14.2. The summed E-state index contributed by atoms with van der Waals surface area (Å²) in [7, 11) is 0. The van der Waals surface area contributed by atoms with Crippen LogP contribution >= 0.6 is 0 Å². The van der Waals surface area contributed by atoms with Crippen molar-refractivity contribution in [1.82, 2.24) is 37.2 Å². The number of carboxylic acid groups (broad SMARTS) is 3. The summed E-state index contributed by atoms with van der Waals surface area (Å²) in [5.74, 6) is -12.3. The molecular formula is C54H93N7O16. The molecule has 0 aliphatic carbocycles. The smallest absolute Gasteiger partial charge is 0.328 e. The average molecular weight is 1100 g/mol. The molecule has 77 heavy (non-hydrogen) atoms. The first-order chi connectivity index (χ1) is 36.0. The van der Waals surface area contributed by atoms with Crippen LogP contribution < -0.4 is 37.2 Å². The van der Waals surface area contributed by atoms with Gasteiger partial charge in [0.05, 0.1) is 25.4 Å². The highest BCUT2D eigenvalue weighted by Gasteiger charge is 2.37. The number of carbonyl (C=O) groups excluding carboxylic acids is 8. The van der Waals surface area contributed by atoms with Crippen molar-refractivity contribution in [1.29, 1.82) is 0 Å². The highest BCUT2D eigenvalue weighted by Crippen LogP contribution is 2.19. The molecule has 0 aromatic rings. The molecule has 1 fully saturated rings. The number of aliphatic hydroxyl groups is 1. The predicted octanol–water partition coefficient (Wildman–Crippen LogP) is 3.61. The third-order valence-electron chi connectivity index (χ3n) is 12.8. The zero-order chi connectivity index (χ0) is 58.5. The second-order valence-electron chi connectivity index (χ2n) is 22.6. The molecule has 1 heterocycles. The molecular weight excluding hydrogens is 1000 g/mol. The Kier molecular flexibility index (Phi) is 32.6. The van der Waals surface area contributed by atoms with Crippen LogP contribution in [-0.2, 0) is 57.5 Å². The summed E-state index contributed by atoms with van der Waals surface area (Å²) in [5, 5.41) is 56.4. The molecule has 440 valence electrons. The average Bonchev–Trinajstić information content (AvgIpc) is 3.29. The molecule has 0 bridgehead atoms. The minimum Gasteiger partial charge on any atom is -0.481 e. The number of rotatable bonds is 27. The van der Waals surface area contributed by atoms with E-state index in [9.17, 15) is 68.1 Å². The van der Waals surface area contributed by atoms with Gasteiger partial charge in [-0.15, -0.1) is 0 Å². The standard InChI is InChI=1S/C54H93N7O16/c1-30(2)23-38-49(71)58-40(25-32(5)6)52(74)61-47(34(9)10)53(75)59-41(29-46(68)69)51(73)57-39(24-31(3)4)50(72)60-42(26-33(7)8)54(76)77-36(28-43(63)55-37(48(70)56-38)21-22-44(64)65)20-18-16-14-12-11-13-15-17-19-35(62)27-45(66)67/h30-42,47,62H,11-29H2,1-10H3,(H,55,63)(H,56,70)(H,57,73)(H,58,71)(H,59,75)(H,60,72)(H,61,74)(H,64,65)(H,66,67)(H,68,69)/t35-,36+,37-,38-,39+,40+,41-,42-,47-/m0/s1. The molecule has 23 nitrogen and oxygen atoms in total. The van der Waals surface area contributed by atoms with Crippen LogP contribution in [0.15, 0.2) is 0 Å². The van der Waals surface area contributed by atoms with Crippen molar-refractivity contribution in [2.75, 3.05) is 0 Å². The topological polar surface area (TPSA) is 362 Å². The highest BCUT2D eigenvalue weighted by atomic mass is 16.5. The number of carboxylic acids is 3. The van der Waals surface area contributed by atoms with Gasteiger partial charge in [0.25, 0.3) is 0 Å². The van der Waals surface area contributed by atoms with E-state index < -0.39 is 151 Å². The van der Waals surface area contributed by atoms with E-state index in [1.54, 1.807) is 69.2 Å². The first-order valence-electron chi connectivity index (χ1n) is 27.6. The van der Waals surface area contributed by atoms with E-state index in [1.807, 2.05) is 0 Å². The summed E-state index contributed by atoms with van der Waals surface area (Å²) < 4.78 is 6.02. The van der Waals surface area contributed by atoms with Crippen LogP contribution in [0.3, 0.4) is 0 Å². The van der Waals surface area contributed by atoms with E-state index in [2.05, 4.69) is 37.2 Å². The summed E-state index contributed by atoms with van der Waals surface area (Å²) in [6, 6.07) is -9.87. The molecule has 11 N–H and O–H groups in total. The van der Waals surface area contributed by atoms with E-state index in [0.29, 0.717) is 25.7 Å². The van der Waals surface area contributed by atoms with Gasteiger partial charge in [0.15, 0.2) is 0 Å². The van der Waals surface area contributed by atoms with Gasteiger partial charge in [-0.25, -0.2) is 4.79 Å². The van der Waals surface area contributed by atoms with E-state index in [-0.39, 0.29) is 62.2 Å². The van der Waals surface area contributed by atoms with Crippen LogP contribution in [0, 0.1) is 29.6 Å². The summed E-state index contributed by atoms with van der Waals surface area (Å²) >= 11 is 0. The number of esters is 1. The summed E-state index contributed by atoms with van der Waals surface area (Å²) in [4.78, 5) is 148. The molecule has 0 spiro atoms. The summed E-state index contributed by atoms with van der Waals surface area (Å²) in [6.45, 7) is 17.5. The molecule has 7 amide bonds. The fourth-order valence-electron chi connectivity index (χ4n) is 8.88. The van der Waals surface area contributed by atoms with E-state index >= 15 is 0 Å². The molecule has 9 atom stereocenters. The van der Waals surface area contributed by atoms with Gasteiger partial charge < -0.3 is 62.4 Å². The number of ether oxygens (including phenoxy) is 1. The largest absolute Gasteiger partial charge is 0.481 e. The molecule has 1 saturated heterocycles. The number of unbranched alkanes of at least 4 members (excludes halogenated alkanes) is 7. The van der Waals surface area contributed by atoms with Crippen LogP contribution in [0.2, 0.25) is 0 Å². The van der Waals surface area contributed by atoms with Gasteiger partial charge in [-0.05, 0) is 81.0 Å². The van der Waals surface area contributed by atoms with Gasteiger partial charge in [-0.2, -0.15) is 0 Å². The molecule has 0 unspecified atom stereocenters. The van der Waals surface area contributed by atoms with Crippen molar-refractivity contribution in [2.24, 2.45) is 29.6 Å². The van der Waals surface area contributed by atoms with E-state index in [0.717, 1.165) is 32.1 Å². The van der Waals surface area contributed by atoms with Crippen molar-refractivity contribution in [3.05, 3.63) is 0 Å². The Labute approximate surface area is 454 Å². The quantitative estimate of drug-likeness (QED) is 0.0413. The lowest BCUT2D eigenvalue weighted by Gasteiger charge is -2.29. The zero-order valence-electron chi connectivity index (χ0n) is 47.2. The Morgan fingerprint density at radius 1 is 0.468 bits per heavy atom. The van der Waals surface area contributed by atoms with Gasteiger partial charge >= 0.3 is 23.9 Å². The zero-order valence-corrected chi connectivity index (χ0v) is 47.2. The van der Waals surface area contributed by atoms with Crippen LogP contribution in [0.4, 0.5) is 0 Å². The lowest BCUT2D eigenvalue weighted by atomic mass is 9.98. The van der Waals surface area contributed by atoms with Crippen molar-refractivity contribution in [3.8, 4) is 0 Å². The van der Waals surface area contributed by atoms with E-state index in [4.69, 9.17) is 9.84 Å². The predicted molar refractivity (Wildman–Crippen MR) is 284 cm³/mol. The third-order valence-corrected chi connectivity index (χ3v) is 12.8. The SMILES string of the molecule is CC(C)C[C@@H]1NC(=O)[C@H](CCC(=O)O)NC(=O)C[C@@H](CCCCCCCCCC[C@H](O)CC(=O)O)OC(=O)[C@H](CC(C)C)NC(=O)[C@@H](CC(C)C)NC(=O)[C@H](CC(=O)O)NC(=O)[C@H](C(C)C)NC(=O)[C@@H](CC(C)C)NC1=O. The minimum atomic E-state index is -1.75.